The predicted octanol–water partition coefficient (Wildman–Crippen LogP) is 2.70. The van der Waals surface area contributed by atoms with E-state index in [0.29, 0.717) is 6.54 Å². The van der Waals surface area contributed by atoms with E-state index in [-0.39, 0.29) is 6.03 Å². The van der Waals surface area contributed by atoms with E-state index in [2.05, 4.69) is 47.6 Å². The first-order chi connectivity index (χ1) is 11.3. The molecule has 0 saturated carbocycles. The molecule has 0 atom stereocenters. The lowest BCUT2D eigenvalue weighted by molar-refractivity contribution is 0.0387. The fraction of sp³-hybridized carbons (Fsp3) is 0.722. The van der Waals surface area contributed by atoms with Crippen LogP contribution >= 0.6 is 0 Å². The van der Waals surface area contributed by atoms with Gasteiger partial charge >= 0.3 is 6.03 Å². The van der Waals surface area contributed by atoms with Crippen LogP contribution in [0.4, 0.5) is 4.79 Å². The summed E-state index contributed by atoms with van der Waals surface area (Å²) in [5.74, 6) is 0. The second kappa shape index (κ2) is 13.1. The van der Waals surface area contributed by atoms with E-state index in [4.69, 9.17) is 4.74 Å². The van der Waals surface area contributed by atoms with Crippen LogP contribution in [0.5, 0.6) is 0 Å². The Labute approximate surface area is 141 Å². The average molecular weight is 323 g/mol. The number of morpholine rings is 1. The van der Waals surface area contributed by atoms with Crippen LogP contribution in [0, 0.1) is 0 Å². The van der Waals surface area contributed by atoms with Gasteiger partial charge in [0.05, 0.1) is 13.2 Å². The molecule has 0 aromatic carbocycles. The van der Waals surface area contributed by atoms with Crippen molar-refractivity contribution in [3.63, 3.8) is 0 Å². The van der Waals surface area contributed by atoms with Gasteiger partial charge in [-0.05, 0) is 32.6 Å². The Kier molecular flexibility index (Phi) is 11.3. The van der Waals surface area contributed by atoms with Gasteiger partial charge in [0.2, 0.25) is 0 Å². The van der Waals surface area contributed by atoms with E-state index in [1.165, 1.54) is 5.57 Å². The van der Waals surface area contributed by atoms with Gasteiger partial charge in [-0.2, -0.15) is 0 Å². The minimum atomic E-state index is -0.0598. The number of allylic oxidation sites excluding steroid dienone is 4. The molecule has 1 fully saturated rings. The zero-order chi connectivity index (χ0) is 16.8. The quantitative estimate of drug-likeness (QED) is 0.480. The number of nitrogens with one attached hydrogen (secondary N) is 2. The maximum Gasteiger partial charge on any atom is 0.314 e. The summed E-state index contributed by atoms with van der Waals surface area (Å²) >= 11 is 0. The lowest BCUT2D eigenvalue weighted by Gasteiger charge is -2.26. The average Bonchev–Trinajstić information content (AvgIpc) is 2.58. The van der Waals surface area contributed by atoms with Gasteiger partial charge in [-0.3, -0.25) is 4.90 Å². The number of rotatable bonds is 10. The van der Waals surface area contributed by atoms with Crippen LogP contribution < -0.4 is 10.6 Å². The fourth-order valence-electron chi connectivity index (χ4n) is 2.46. The summed E-state index contributed by atoms with van der Waals surface area (Å²) in [5.41, 5.74) is 1.38. The SMILES string of the molecule is C/C=C(\C=C/CC)CCCCNC(=O)NCCN1CCOCC1. The second-order valence-corrected chi connectivity index (χ2v) is 5.77. The highest BCUT2D eigenvalue weighted by Gasteiger charge is 2.09. The molecule has 132 valence electrons. The molecule has 1 aliphatic rings. The van der Waals surface area contributed by atoms with E-state index in [1.54, 1.807) is 0 Å². The van der Waals surface area contributed by atoms with Crippen LogP contribution in [0.25, 0.3) is 0 Å². The van der Waals surface area contributed by atoms with E-state index < -0.39 is 0 Å². The Morgan fingerprint density at radius 1 is 1.17 bits per heavy atom. The molecule has 2 N–H and O–H groups in total. The number of hydrogen-bond donors (Lipinski definition) is 2. The number of nitrogens with zero attached hydrogens (tertiary/aromatic N) is 1. The molecule has 1 heterocycles. The third kappa shape index (κ3) is 10.1. The molecule has 2 amide bonds. The molecule has 0 bridgehead atoms. The Balaban J connectivity index is 1.98. The molecule has 0 aromatic heterocycles. The molecule has 1 rings (SSSR count). The predicted molar refractivity (Wildman–Crippen MR) is 95.7 cm³/mol. The smallest absolute Gasteiger partial charge is 0.314 e. The first-order valence-electron chi connectivity index (χ1n) is 8.89. The summed E-state index contributed by atoms with van der Waals surface area (Å²) in [5, 5.41) is 5.84. The lowest BCUT2D eigenvalue weighted by atomic mass is 10.1. The van der Waals surface area contributed by atoms with Crippen molar-refractivity contribution in [2.24, 2.45) is 0 Å². The minimum absolute atomic E-state index is 0.0598. The topological polar surface area (TPSA) is 53.6 Å². The van der Waals surface area contributed by atoms with Crippen LogP contribution in [0.3, 0.4) is 0 Å². The Morgan fingerprint density at radius 3 is 2.61 bits per heavy atom. The van der Waals surface area contributed by atoms with Crippen molar-refractivity contribution in [2.45, 2.75) is 39.5 Å². The van der Waals surface area contributed by atoms with Gasteiger partial charge in [-0.1, -0.05) is 30.7 Å². The van der Waals surface area contributed by atoms with Crippen molar-refractivity contribution < 1.29 is 9.53 Å². The van der Waals surface area contributed by atoms with Crippen molar-refractivity contribution in [2.75, 3.05) is 45.9 Å². The van der Waals surface area contributed by atoms with E-state index in [0.717, 1.165) is 65.1 Å². The van der Waals surface area contributed by atoms with E-state index in [1.807, 2.05) is 0 Å². The Hall–Kier alpha value is -1.33. The fourth-order valence-corrected chi connectivity index (χ4v) is 2.46. The summed E-state index contributed by atoms with van der Waals surface area (Å²) in [6.07, 6.45) is 10.8. The molecule has 23 heavy (non-hydrogen) atoms. The van der Waals surface area contributed by atoms with Crippen molar-refractivity contribution in [1.29, 1.82) is 0 Å². The Bertz CT molecular complexity index is 374. The number of amides is 2. The minimum Gasteiger partial charge on any atom is -0.379 e. The highest BCUT2D eigenvalue weighted by atomic mass is 16.5. The normalized spacial score (nSPS) is 16.7. The van der Waals surface area contributed by atoms with Crippen LogP contribution in [0.15, 0.2) is 23.8 Å². The lowest BCUT2D eigenvalue weighted by Crippen LogP contribution is -2.43. The number of ether oxygens (including phenoxy) is 1. The van der Waals surface area contributed by atoms with Gasteiger partial charge in [-0.15, -0.1) is 0 Å². The van der Waals surface area contributed by atoms with Crippen LogP contribution in [-0.2, 0) is 4.74 Å². The number of hydrogen-bond acceptors (Lipinski definition) is 3. The molecule has 1 saturated heterocycles. The summed E-state index contributed by atoms with van der Waals surface area (Å²) in [6.45, 7) is 10.1. The van der Waals surface area contributed by atoms with Crippen LogP contribution in [0.2, 0.25) is 0 Å². The molecule has 5 nitrogen and oxygen atoms in total. The third-order valence-electron chi connectivity index (χ3n) is 3.93. The van der Waals surface area contributed by atoms with Crippen molar-refractivity contribution in [1.82, 2.24) is 15.5 Å². The number of carbonyl (C=O) groups excluding carboxylic acids is 1. The highest BCUT2D eigenvalue weighted by Crippen LogP contribution is 2.08. The zero-order valence-corrected chi connectivity index (χ0v) is 14.8. The van der Waals surface area contributed by atoms with Gasteiger partial charge in [0.15, 0.2) is 0 Å². The van der Waals surface area contributed by atoms with Crippen LogP contribution in [-0.4, -0.2) is 56.9 Å². The van der Waals surface area contributed by atoms with Crippen molar-refractivity contribution >= 4 is 6.03 Å². The van der Waals surface area contributed by atoms with Gasteiger partial charge in [0.1, 0.15) is 0 Å². The molecule has 0 unspecified atom stereocenters. The summed E-state index contributed by atoms with van der Waals surface area (Å²) in [4.78, 5) is 14.0. The highest BCUT2D eigenvalue weighted by molar-refractivity contribution is 5.73. The molecule has 0 aliphatic carbocycles. The van der Waals surface area contributed by atoms with E-state index >= 15 is 0 Å². The molecule has 5 heteroatoms. The van der Waals surface area contributed by atoms with E-state index in [9.17, 15) is 4.79 Å². The van der Waals surface area contributed by atoms with Gasteiger partial charge in [-0.25, -0.2) is 4.79 Å². The maximum absolute atomic E-state index is 11.7. The standard InChI is InChI=1S/C18H33N3O2/c1-3-5-8-17(4-2)9-6-7-10-19-18(22)20-11-12-21-13-15-23-16-14-21/h4-5,8H,3,6-7,9-16H2,1-2H3,(H2,19,20,22)/b8-5-,17-4+. The summed E-state index contributed by atoms with van der Waals surface area (Å²) in [7, 11) is 0. The first kappa shape index (κ1) is 19.7. The van der Waals surface area contributed by atoms with Gasteiger partial charge < -0.3 is 15.4 Å². The molecular weight excluding hydrogens is 290 g/mol. The largest absolute Gasteiger partial charge is 0.379 e. The number of urea groups is 1. The zero-order valence-electron chi connectivity index (χ0n) is 14.8. The second-order valence-electron chi connectivity index (χ2n) is 5.77. The monoisotopic (exact) mass is 323 g/mol. The van der Waals surface area contributed by atoms with Gasteiger partial charge in [0.25, 0.3) is 0 Å². The number of carbonyl (C=O) groups is 1. The van der Waals surface area contributed by atoms with Crippen molar-refractivity contribution in [3.8, 4) is 0 Å². The summed E-state index contributed by atoms with van der Waals surface area (Å²) < 4.78 is 5.30. The first-order valence-corrected chi connectivity index (χ1v) is 8.89. The molecule has 0 spiro atoms. The summed E-state index contributed by atoms with van der Waals surface area (Å²) in [6, 6.07) is -0.0598. The molecule has 1 aliphatic heterocycles. The van der Waals surface area contributed by atoms with Gasteiger partial charge in [0, 0.05) is 32.7 Å². The molecular formula is C18H33N3O2. The molecule has 0 radical (unpaired) electrons. The Morgan fingerprint density at radius 2 is 1.91 bits per heavy atom. The van der Waals surface area contributed by atoms with Crippen LogP contribution in [0.1, 0.15) is 39.5 Å². The maximum atomic E-state index is 11.7. The number of unbranched alkanes of at least 4 members (excludes halogenated alkanes) is 1. The third-order valence-corrected chi connectivity index (χ3v) is 3.93. The van der Waals surface area contributed by atoms with Crippen molar-refractivity contribution in [3.05, 3.63) is 23.8 Å². The molecule has 0 aromatic rings.